The zero-order valence-corrected chi connectivity index (χ0v) is 31.9. The Morgan fingerprint density at radius 1 is 0.421 bits per heavy atom. The van der Waals surface area contributed by atoms with E-state index in [1.165, 1.54) is 77.9 Å². The van der Waals surface area contributed by atoms with Crippen molar-refractivity contribution in [1.29, 1.82) is 0 Å². The second-order valence-electron chi connectivity index (χ2n) is 14.9. The summed E-state index contributed by atoms with van der Waals surface area (Å²) in [6, 6.07) is 72.9. The minimum Gasteiger partial charge on any atom is -0.311 e. The van der Waals surface area contributed by atoms with Crippen LogP contribution in [0.3, 0.4) is 0 Å². The van der Waals surface area contributed by atoms with E-state index >= 15 is 0 Å². The zero-order valence-electron chi connectivity index (χ0n) is 31.9. The SMILES string of the molecule is C=C/C(=C\C=C(/C)c1ccccc1)N(c1ccc(-c2ccccc2)cc1)c1ccc(-c2cccc3c2-c2ccccc2C32c3ccccc3-c3ccccc32)cc1. The van der Waals surface area contributed by atoms with Crippen molar-refractivity contribution in [2.75, 3.05) is 4.90 Å². The number of hydrogen-bond donors (Lipinski definition) is 0. The van der Waals surface area contributed by atoms with Crippen molar-refractivity contribution in [1.82, 2.24) is 0 Å². The molecule has 270 valence electrons. The summed E-state index contributed by atoms with van der Waals surface area (Å²) < 4.78 is 0. The Kier molecular flexibility index (Phi) is 8.50. The van der Waals surface area contributed by atoms with Gasteiger partial charge in [0, 0.05) is 17.1 Å². The maximum Gasteiger partial charge on any atom is 0.0725 e. The van der Waals surface area contributed by atoms with E-state index in [0.29, 0.717) is 0 Å². The molecule has 0 unspecified atom stereocenters. The molecule has 0 N–H and O–H groups in total. The van der Waals surface area contributed by atoms with Crippen molar-refractivity contribution < 1.29 is 0 Å². The van der Waals surface area contributed by atoms with E-state index in [2.05, 4.69) is 231 Å². The number of rotatable bonds is 8. The van der Waals surface area contributed by atoms with E-state index in [-0.39, 0.29) is 5.41 Å². The van der Waals surface area contributed by atoms with Gasteiger partial charge in [-0.3, -0.25) is 0 Å². The first kappa shape index (κ1) is 34.3. The van der Waals surface area contributed by atoms with Crippen LogP contribution in [0.2, 0.25) is 0 Å². The van der Waals surface area contributed by atoms with Crippen molar-refractivity contribution in [2.24, 2.45) is 0 Å². The van der Waals surface area contributed by atoms with Gasteiger partial charge in [-0.25, -0.2) is 0 Å². The Morgan fingerprint density at radius 2 is 0.877 bits per heavy atom. The van der Waals surface area contributed by atoms with Crippen molar-refractivity contribution in [3.63, 3.8) is 0 Å². The Bertz CT molecular complexity index is 2790. The lowest BCUT2D eigenvalue weighted by Gasteiger charge is -2.30. The lowest BCUT2D eigenvalue weighted by Crippen LogP contribution is -2.25. The van der Waals surface area contributed by atoms with Gasteiger partial charge in [0.2, 0.25) is 0 Å². The van der Waals surface area contributed by atoms with Crippen LogP contribution < -0.4 is 4.90 Å². The highest BCUT2D eigenvalue weighted by Crippen LogP contribution is 2.63. The molecule has 10 rings (SSSR count). The predicted octanol–water partition coefficient (Wildman–Crippen LogP) is 14.7. The van der Waals surface area contributed by atoms with Crippen LogP contribution in [0, 0.1) is 0 Å². The largest absolute Gasteiger partial charge is 0.311 e. The molecular weight excluding hydrogens is 687 g/mol. The summed E-state index contributed by atoms with van der Waals surface area (Å²) in [5, 5.41) is 0. The molecule has 0 heterocycles. The summed E-state index contributed by atoms with van der Waals surface area (Å²) in [6.45, 7) is 6.46. The summed E-state index contributed by atoms with van der Waals surface area (Å²) in [7, 11) is 0. The molecule has 0 atom stereocenters. The van der Waals surface area contributed by atoms with E-state index < -0.39 is 0 Å². The van der Waals surface area contributed by atoms with E-state index in [0.717, 1.165) is 17.1 Å². The topological polar surface area (TPSA) is 3.24 Å². The number of fused-ring (bicyclic) bond motifs is 10. The average molecular weight is 728 g/mol. The molecular formula is C56H41N. The van der Waals surface area contributed by atoms with Crippen molar-refractivity contribution in [2.45, 2.75) is 12.3 Å². The second kappa shape index (κ2) is 14.1. The third kappa shape index (κ3) is 5.54. The van der Waals surface area contributed by atoms with Gasteiger partial charge in [-0.15, -0.1) is 0 Å². The fourth-order valence-electron chi connectivity index (χ4n) is 9.30. The van der Waals surface area contributed by atoms with Crippen LogP contribution in [0.1, 0.15) is 34.7 Å². The maximum atomic E-state index is 4.30. The first-order valence-corrected chi connectivity index (χ1v) is 19.7. The highest BCUT2D eigenvalue weighted by atomic mass is 15.1. The normalized spacial score (nSPS) is 13.4. The van der Waals surface area contributed by atoms with E-state index in [9.17, 15) is 0 Å². The molecule has 8 aromatic carbocycles. The van der Waals surface area contributed by atoms with Gasteiger partial charge < -0.3 is 4.90 Å². The van der Waals surface area contributed by atoms with Crippen molar-refractivity contribution in [3.05, 3.63) is 259 Å². The Hall–Kier alpha value is -7.22. The Labute approximate surface area is 335 Å². The highest BCUT2D eigenvalue weighted by Gasteiger charge is 2.51. The minimum absolute atomic E-state index is 0.368. The van der Waals surface area contributed by atoms with Crippen LogP contribution in [0.15, 0.2) is 231 Å². The standard InChI is InChI=1S/C56H41N/c1-3-44(34-29-39(2)40-17-6-4-7-18-40)57(45-35-30-42(31-36-45)41-19-8-5-9-20-41)46-37-32-43(33-38-46)47-24-16-28-54-55(47)50-23-12-15-27-53(50)56(54)51-25-13-10-21-48(51)49-22-11-14-26-52(49)56/h3-38H,1H2,2H3/b39-29+,44-34+. The Morgan fingerprint density at radius 3 is 1.47 bits per heavy atom. The molecule has 0 aliphatic heterocycles. The molecule has 1 spiro atoms. The summed E-state index contributed by atoms with van der Waals surface area (Å²) in [4.78, 5) is 2.30. The van der Waals surface area contributed by atoms with Gasteiger partial charge in [-0.2, -0.15) is 0 Å². The van der Waals surface area contributed by atoms with Gasteiger partial charge in [0.15, 0.2) is 0 Å². The highest BCUT2D eigenvalue weighted by molar-refractivity contribution is 6.00. The number of anilines is 2. The number of allylic oxidation sites excluding steroid dienone is 4. The van der Waals surface area contributed by atoms with E-state index in [1.54, 1.807) is 0 Å². The molecule has 2 aliphatic rings. The first-order chi connectivity index (χ1) is 28.2. The van der Waals surface area contributed by atoms with Crippen molar-refractivity contribution in [3.8, 4) is 44.5 Å². The smallest absolute Gasteiger partial charge is 0.0725 e. The molecule has 0 aromatic heterocycles. The van der Waals surface area contributed by atoms with Gasteiger partial charge in [0.25, 0.3) is 0 Å². The monoisotopic (exact) mass is 727 g/mol. The number of nitrogens with zero attached hydrogens (tertiary/aromatic N) is 1. The molecule has 0 bridgehead atoms. The second-order valence-corrected chi connectivity index (χ2v) is 14.9. The molecule has 0 fully saturated rings. The van der Waals surface area contributed by atoms with E-state index in [1.807, 2.05) is 6.08 Å². The molecule has 57 heavy (non-hydrogen) atoms. The van der Waals surface area contributed by atoms with Crippen LogP contribution in [0.5, 0.6) is 0 Å². The molecule has 1 nitrogen and oxygen atoms in total. The Balaban J connectivity index is 1.10. The maximum absolute atomic E-state index is 4.30. The molecule has 1 heteroatoms. The number of benzene rings is 8. The lowest BCUT2D eigenvalue weighted by molar-refractivity contribution is 0.794. The predicted molar refractivity (Wildman–Crippen MR) is 241 cm³/mol. The molecule has 0 amide bonds. The van der Waals surface area contributed by atoms with E-state index in [4.69, 9.17) is 0 Å². The van der Waals surface area contributed by atoms with Crippen LogP contribution in [0.4, 0.5) is 11.4 Å². The number of hydrogen-bond acceptors (Lipinski definition) is 1. The summed E-state index contributed by atoms with van der Waals surface area (Å²) in [5.41, 5.74) is 20.6. The lowest BCUT2D eigenvalue weighted by atomic mass is 9.70. The molecule has 0 saturated carbocycles. The van der Waals surface area contributed by atoms with Crippen LogP contribution in [-0.2, 0) is 5.41 Å². The van der Waals surface area contributed by atoms with Crippen LogP contribution in [0.25, 0.3) is 50.1 Å². The molecule has 0 radical (unpaired) electrons. The van der Waals surface area contributed by atoms with Gasteiger partial charge >= 0.3 is 0 Å². The summed E-state index contributed by atoms with van der Waals surface area (Å²) in [5.74, 6) is 0. The fraction of sp³-hybridized carbons (Fsp3) is 0.0357. The van der Waals surface area contributed by atoms with Crippen LogP contribution >= 0.6 is 0 Å². The minimum atomic E-state index is -0.368. The van der Waals surface area contributed by atoms with Gasteiger partial charge in [0.05, 0.1) is 5.41 Å². The van der Waals surface area contributed by atoms with Gasteiger partial charge in [-0.05, 0) is 121 Å². The molecule has 0 saturated heterocycles. The summed E-state index contributed by atoms with van der Waals surface area (Å²) >= 11 is 0. The van der Waals surface area contributed by atoms with Crippen LogP contribution in [-0.4, -0.2) is 0 Å². The van der Waals surface area contributed by atoms with Crippen molar-refractivity contribution >= 4 is 16.9 Å². The quantitative estimate of drug-likeness (QED) is 0.141. The average Bonchev–Trinajstić information content (AvgIpc) is 3.76. The fourth-order valence-corrected chi connectivity index (χ4v) is 9.30. The zero-order chi connectivity index (χ0) is 38.3. The van der Waals surface area contributed by atoms with Gasteiger partial charge in [-0.1, -0.05) is 189 Å². The first-order valence-electron chi connectivity index (χ1n) is 19.7. The third-order valence-electron chi connectivity index (χ3n) is 11.9. The van der Waals surface area contributed by atoms with Gasteiger partial charge in [0.1, 0.15) is 0 Å². The molecule has 2 aliphatic carbocycles. The summed E-state index contributed by atoms with van der Waals surface area (Å²) in [6.07, 6.45) is 6.31. The third-order valence-corrected chi connectivity index (χ3v) is 11.9. The molecule has 8 aromatic rings.